The summed E-state index contributed by atoms with van der Waals surface area (Å²) in [4.78, 5) is 26.6. The summed E-state index contributed by atoms with van der Waals surface area (Å²) in [7, 11) is -0.497. The molecule has 254 valence electrons. The highest BCUT2D eigenvalue weighted by Crippen LogP contribution is 2.55. The van der Waals surface area contributed by atoms with Crippen LogP contribution in [0.25, 0.3) is 16.5 Å². The van der Waals surface area contributed by atoms with Gasteiger partial charge in [0.25, 0.3) is 5.91 Å². The number of fused-ring (bicyclic) bond motifs is 1. The predicted octanol–water partition coefficient (Wildman–Crippen LogP) is 7.59. The van der Waals surface area contributed by atoms with Crippen LogP contribution in [-0.4, -0.2) is 69.6 Å². The van der Waals surface area contributed by atoms with E-state index in [1.165, 1.54) is 3.97 Å². The van der Waals surface area contributed by atoms with Gasteiger partial charge in [-0.1, -0.05) is 59.3 Å². The lowest BCUT2D eigenvalue weighted by Gasteiger charge is -2.37. The van der Waals surface area contributed by atoms with E-state index >= 15 is 0 Å². The molecule has 1 amide bonds. The molecule has 1 aromatic heterocycles. The van der Waals surface area contributed by atoms with Crippen LogP contribution in [0.4, 0.5) is 0 Å². The molecule has 1 aliphatic carbocycles. The maximum Gasteiger partial charge on any atom is 0.326 e. The number of nitrogens with zero attached hydrogens (tertiary/aromatic N) is 1. The molecule has 0 spiro atoms. The Kier molecular flexibility index (Phi) is 11.9. The summed E-state index contributed by atoms with van der Waals surface area (Å²) in [5, 5.41) is 13.4. The minimum Gasteiger partial charge on any atom is -0.496 e. The van der Waals surface area contributed by atoms with E-state index < -0.39 is 28.7 Å². The molecular weight excluding hydrogens is 862 g/mol. The fourth-order valence-corrected chi connectivity index (χ4v) is 10.7. The Labute approximate surface area is 307 Å². The monoisotopic (exact) mass is 898 g/mol. The first-order valence-electron chi connectivity index (χ1n) is 15.0. The number of benzene rings is 3. The van der Waals surface area contributed by atoms with Gasteiger partial charge in [-0.3, -0.25) is 13.9 Å². The first-order valence-corrected chi connectivity index (χ1v) is 18.7. The Morgan fingerprint density at radius 2 is 1.71 bits per heavy atom. The van der Waals surface area contributed by atoms with E-state index in [-0.39, 0.29) is 23.1 Å². The van der Waals surface area contributed by atoms with Crippen LogP contribution in [-0.2, 0) is 25.4 Å². The van der Waals surface area contributed by atoms with Crippen molar-refractivity contribution in [2.75, 3.05) is 27.4 Å². The van der Waals surface area contributed by atoms with Gasteiger partial charge in [0.2, 0.25) is 0 Å². The molecule has 0 aliphatic heterocycles. The smallest absolute Gasteiger partial charge is 0.326 e. The first-order chi connectivity index (χ1) is 23.0. The van der Waals surface area contributed by atoms with Crippen molar-refractivity contribution in [1.82, 2.24) is 9.29 Å². The number of amides is 1. The summed E-state index contributed by atoms with van der Waals surface area (Å²) in [5.41, 5.74) is 3.86. The number of rotatable bonds is 13. The van der Waals surface area contributed by atoms with Crippen molar-refractivity contribution in [2.24, 2.45) is 0 Å². The number of aliphatic carboxylic acids is 1. The normalized spacial score (nSPS) is 16.1. The lowest BCUT2D eigenvalue weighted by molar-refractivity contribution is -0.139. The molecule has 1 aliphatic rings. The van der Waals surface area contributed by atoms with Crippen LogP contribution in [0.5, 0.6) is 0 Å². The summed E-state index contributed by atoms with van der Waals surface area (Å²) in [6, 6.07) is 19.9. The molecule has 0 bridgehead atoms. The zero-order valence-electron chi connectivity index (χ0n) is 26.5. The van der Waals surface area contributed by atoms with Gasteiger partial charge < -0.3 is 24.6 Å². The summed E-state index contributed by atoms with van der Waals surface area (Å²) in [6.45, 7) is 3.04. The topological polar surface area (TPSA) is 139 Å². The molecule has 0 radical (unpaired) electrons. The third-order valence-corrected chi connectivity index (χ3v) is 12.4. The molecule has 0 fully saturated rings. The van der Waals surface area contributed by atoms with Gasteiger partial charge in [0, 0.05) is 44.7 Å². The van der Waals surface area contributed by atoms with Crippen molar-refractivity contribution in [3.05, 3.63) is 114 Å². The molecule has 2 atom stereocenters. The van der Waals surface area contributed by atoms with E-state index in [9.17, 15) is 23.8 Å². The number of hydrogen-bond acceptors (Lipinski definition) is 7. The maximum absolute atomic E-state index is 13.8. The average Bonchev–Trinajstić information content (AvgIpc) is 3.47. The van der Waals surface area contributed by atoms with Crippen LogP contribution in [0, 0.1) is 7.14 Å². The Balaban J connectivity index is 1.43. The number of allylic oxidation sites excluding steroid dienone is 1. The van der Waals surface area contributed by atoms with Gasteiger partial charge in [-0.2, -0.15) is 0 Å². The predicted molar refractivity (Wildman–Crippen MR) is 203 cm³/mol. The quantitative estimate of drug-likeness (QED) is 0.101. The molecule has 3 aromatic carbocycles. The van der Waals surface area contributed by atoms with Gasteiger partial charge in [-0.05, 0) is 99.1 Å². The fourth-order valence-electron chi connectivity index (χ4n) is 5.74. The molecule has 1 unspecified atom stereocenters. The largest absolute Gasteiger partial charge is 0.496 e. The van der Waals surface area contributed by atoms with Crippen molar-refractivity contribution < 1.29 is 38.0 Å². The van der Waals surface area contributed by atoms with Crippen molar-refractivity contribution in [3.63, 3.8) is 0 Å². The molecule has 4 N–H and O–H groups in total. The second-order valence-electron chi connectivity index (χ2n) is 11.1. The average molecular weight is 899 g/mol. The number of ether oxygens (including phenoxy) is 3. The highest BCUT2D eigenvalue weighted by molar-refractivity contribution is 14.1. The minimum absolute atomic E-state index is 0.00535. The van der Waals surface area contributed by atoms with Crippen molar-refractivity contribution in [1.29, 1.82) is 0 Å². The lowest BCUT2D eigenvalue weighted by atomic mass is 9.88. The number of nitrogens with one attached hydrogen (secondary N) is 1. The molecule has 5 rings (SSSR count). The number of methoxy groups -OCH3 is 2. The van der Waals surface area contributed by atoms with E-state index in [1.54, 1.807) is 56.7 Å². The van der Waals surface area contributed by atoms with Crippen LogP contribution in [0.2, 0.25) is 0 Å². The van der Waals surface area contributed by atoms with Crippen LogP contribution >= 0.6 is 56.0 Å². The second kappa shape index (κ2) is 15.7. The molecule has 10 nitrogen and oxygen atoms in total. The Bertz CT molecular complexity index is 1870. The van der Waals surface area contributed by atoms with E-state index in [2.05, 4.69) is 5.32 Å². The molecule has 4 aromatic rings. The third-order valence-electron chi connectivity index (χ3n) is 8.02. The standard InChI is InChI=1S/C35H36I2N2O8S/c1-4-47-20-22-17-30(45-2)32(31(18-22)46-3)23-14-12-21(13-15-23)16-27(35(41)42)38-34(40)29-19-24-8-5-6-11-28(24)39(29)48(43,44)33-25(36)9-7-10-26(33)37/h5-15,17,19,27,31,43-44H,4,16,18,20H2,1-3H3,(H,38,40)(H,41,42)/t27-,31?/m0/s1. The van der Waals surface area contributed by atoms with E-state index in [1.807, 2.05) is 88.5 Å². The van der Waals surface area contributed by atoms with Crippen molar-refractivity contribution in [2.45, 2.75) is 36.8 Å². The van der Waals surface area contributed by atoms with Crippen LogP contribution in [0.1, 0.15) is 35.0 Å². The molecule has 0 saturated carbocycles. The van der Waals surface area contributed by atoms with Crippen molar-refractivity contribution in [3.8, 4) is 0 Å². The SMILES string of the molecule is CCOCC1=CC(OC)=C(c2ccc(C[C@H](NC(=O)c3cc4ccccc4n3S(O)(O)c3c(I)cccc3I)C(=O)O)cc2)C(OC)C1. The van der Waals surface area contributed by atoms with E-state index in [0.717, 1.165) is 16.7 Å². The number of carboxylic acids is 1. The number of para-hydroxylation sites is 1. The summed E-state index contributed by atoms with van der Waals surface area (Å²) in [6.07, 6.45) is 2.36. The second-order valence-corrected chi connectivity index (χ2v) is 15.2. The van der Waals surface area contributed by atoms with Crippen LogP contribution in [0.3, 0.4) is 0 Å². The van der Waals surface area contributed by atoms with Gasteiger partial charge in [-0.25, -0.2) is 8.77 Å². The number of carbonyl (C=O) groups is 2. The fraction of sp³-hybridized carbons (Fsp3) is 0.257. The summed E-state index contributed by atoms with van der Waals surface area (Å²) >= 11 is 4.08. The Hall–Kier alpha value is -2.93. The minimum atomic E-state index is -3.75. The van der Waals surface area contributed by atoms with Gasteiger partial charge >= 0.3 is 5.97 Å². The number of aromatic nitrogens is 1. The van der Waals surface area contributed by atoms with Gasteiger partial charge in [0.15, 0.2) is 0 Å². The number of carbonyl (C=O) groups excluding carboxylic acids is 1. The summed E-state index contributed by atoms with van der Waals surface area (Å²) in [5.74, 6) is -1.30. The van der Waals surface area contributed by atoms with E-state index in [4.69, 9.17) is 14.2 Å². The highest BCUT2D eigenvalue weighted by atomic mass is 127. The van der Waals surface area contributed by atoms with Crippen LogP contribution < -0.4 is 5.32 Å². The number of halogens is 2. The maximum atomic E-state index is 13.8. The number of hydrogen-bond donors (Lipinski definition) is 4. The molecule has 48 heavy (non-hydrogen) atoms. The lowest BCUT2D eigenvalue weighted by Crippen LogP contribution is -2.43. The summed E-state index contributed by atoms with van der Waals surface area (Å²) < 4.78 is 43.1. The molecular formula is C35H36I2N2O8S. The van der Waals surface area contributed by atoms with E-state index in [0.29, 0.717) is 49.0 Å². The van der Waals surface area contributed by atoms with Gasteiger partial charge in [0.1, 0.15) is 22.4 Å². The highest BCUT2D eigenvalue weighted by Gasteiger charge is 2.32. The van der Waals surface area contributed by atoms with Gasteiger partial charge in [-0.15, -0.1) is 0 Å². The molecule has 0 saturated heterocycles. The molecule has 13 heteroatoms. The van der Waals surface area contributed by atoms with Crippen LogP contribution in [0.15, 0.2) is 95.1 Å². The van der Waals surface area contributed by atoms with Gasteiger partial charge in [0.05, 0.1) is 25.3 Å². The first kappa shape index (κ1) is 36.4. The third kappa shape index (κ3) is 7.61. The Morgan fingerprint density at radius 3 is 2.33 bits per heavy atom. The Morgan fingerprint density at radius 1 is 1.02 bits per heavy atom. The zero-order valence-corrected chi connectivity index (χ0v) is 31.6. The number of carboxylic acid groups (broad SMARTS) is 1. The molecule has 1 heterocycles. The van der Waals surface area contributed by atoms with Crippen molar-refractivity contribution >= 4 is 84.3 Å². The zero-order chi connectivity index (χ0) is 34.6.